The Morgan fingerprint density at radius 1 is 0.953 bits per heavy atom. The maximum atomic E-state index is 14.3. The first-order chi connectivity index (χ1) is 20.6. The molecule has 11 heteroatoms. The number of hydrogen-bond acceptors (Lipinski definition) is 6. The average Bonchev–Trinajstić information content (AvgIpc) is 3.01. The molecule has 2 atom stereocenters. The van der Waals surface area contributed by atoms with Gasteiger partial charge in [0.05, 0.1) is 17.2 Å². The van der Waals surface area contributed by atoms with Crippen LogP contribution in [0, 0.1) is 0 Å². The summed E-state index contributed by atoms with van der Waals surface area (Å²) in [5.74, 6) is -0.544. The Hall–Kier alpha value is -3.21. The van der Waals surface area contributed by atoms with Crippen molar-refractivity contribution in [1.82, 2.24) is 10.2 Å². The summed E-state index contributed by atoms with van der Waals surface area (Å²) in [6.07, 6.45) is 2.94. The average molecular weight is 646 g/mol. The number of thioether (sulfide) groups is 1. The van der Waals surface area contributed by atoms with E-state index >= 15 is 0 Å². The van der Waals surface area contributed by atoms with Crippen LogP contribution in [0.2, 0.25) is 5.02 Å². The number of hydrogen-bond donors (Lipinski definition) is 1. The van der Waals surface area contributed by atoms with E-state index in [1.807, 2.05) is 27.0 Å². The van der Waals surface area contributed by atoms with Gasteiger partial charge in [0.15, 0.2) is 0 Å². The zero-order chi connectivity index (χ0) is 31.6. The molecule has 2 amide bonds. The van der Waals surface area contributed by atoms with E-state index in [4.69, 9.17) is 16.3 Å². The van der Waals surface area contributed by atoms with Crippen LogP contribution < -0.4 is 14.4 Å². The summed E-state index contributed by atoms with van der Waals surface area (Å²) in [4.78, 5) is 30.1. The molecular formula is C32H40ClN3O5S2. The van der Waals surface area contributed by atoms with Gasteiger partial charge in [0.1, 0.15) is 18.3 Å². The van der Waals surface area contributed by atoms with Crippen LogP contribution >= 0.6 is 23.4 Å². The lowest BCUT2D eigenvalue weighted by Crippen LogP contribution is -2.53. The summed E-state index contributed by atoms with van der Waals surface area (Å²) < 4.78 is 35.3. The Kier molecular flexibility index (Phi) is 12.8. The topological polar surface area (TPSA) is 96.0 Å². The molecule has 0 saturated heterocycles. The lowest BCUT2D eigenvalue weighted by molar-refractivity contribution is -0.140. The SMILES string of the molecule is CCOc1ccccc1N(CC(=O)N(Cc1ccccc1Cl)C(CC)C(=O)NC(C)CC)S(=O)(=O)c1ccc(SC)cc1. The van der Waals surface area contributed by atoms with Crippen LogP contribution in [0.3, 0.4) is 0 Å². The van der Waals surface area contributed by atoms with Gasteiger partial charge in [-0.1, -0.05) is 55.8 Å². The van der Waals surface area contributed by atoms with Gasteiger partial charge in [0.25, 0.3) is 10.0 Å². The van der Waals surface area contributed by atoms with Crippen molar-refractivity contribution >= 4 is 50.9 Å². The molecule has 0 aliphatic carbocycles. The summed E-state index contributed by atoms with van der Waals surface area (Å²) in [5, 5.41) is 3.42. The number of anilines is 1. The standard InChI is InChI=1S/C32H40ClN3O5S2/c1-6-23(4)34-32(38)28(7-2)35(21-24-13-9-10-14-27(24)33)31(37)22-36(29-15-11-12-16-30(29)41-8-3)43(39,40)26-19-17-25(42-5)18-20-26/h9-20,23,28H,6-8,21-22H2,1-5H3,(H,34,38). The largest absolute Gasteiger partial charge is 0.492 e. The molecule has 0 bridgehead atoms. The molecule has 0 heterocycles. The number of benzene rings is 3. The molecular weight excluding hydrogens is 606 g/mol. The number of ether oxygens (including phenoxy) is 1. The summed E-state index contributed by atoms with van der Waals surface area (Å²) in [6.45, 7) is 7.24. The minimum absolute atomic E-state index is 0.0222. The highest BCUT2D eigenvalue weighted by Crippen LogP contribution is 2.33. The van der Waals surface area contributed by atoms with Crippen molar-refractivity contribution < 1.29 is 22.7 Å². The smallest absolute Gasteiger partial charge is 0.264 e. The van der Waals surface area contributed by atoms with E-state index in [0.717, 1.165) is 15.6 Å². The highest BCUT2D eigenvalue weighted by Gasteiger charge is 2.35. The van der Waals surface area contributed by atoms with Crippen LogP contribution in [0.15, 0.2) is 82.6 Å². The third kappa shape index (κ3) is 8.68. The zero-order valence-corrected chi connectivity index (χ0v) is 27.6. The number of carbonyl (C=O) groups excluding carboxylic acids is 2. The Morgan fingerprint density at radius 3 is 2.21 bits per heavy atom. The summed E-state index contributed by atoms with van der Waals surface area (Å²) in [5.41, 5.74) is 0.866. The maximum Gasteiger partial charge on any atom is 0.264 e. The first-order valence-electron chi connectivity index (χ1n) is 14.3. The molecule has 0 spiro atoms. The molecule has 0 saturated carbocycles. The highest BCUT2D eigenvalue weighted by atomic mass is 35.5. The van der Waals surface area contributed by atoms with Gasteiger partial charge in [0, 0.05) is 22.5 Å². The minimum atomic E-state index is -4.24. The molecule has 0 radical (unpaired) electrons. The minimum Gasteiger partial charge on any atom is -0.492 e. The van der Waals surface area contributed by atoms with Gasteiger partial charge < -0.3 is 15.0 Å². The molecule has 3 aromatic rings. The second-order valence-corrected chi connectivity index (χ2v) is 13.1. The Bertz CT molecular complexity index is 1480. The first kappa shape index (κ1) is 34.3. The maximum absolute atomic E-state index is 14.3. The van der Waals surface area contributed by atoms with Crippen LogP contribution in [0.5, 0.6) is 5.75 Å². The zero-order valence-electron chi connectivity index (χ0n) is 25.2. The van der Waals surface area contributed by atoms with Gasteiger partial charge in [-0.15, -0.1) is 11.8 Å². The van der Waals surface area contributed by atoms with E-state index in [0.29, 0.717) is 29.4 Å². The number of para-hydroxylation sites is 2. The van der Waals surface area contributed by atoms with Crippen LogP contribution in [-0.2, 0) is 26.2 Å². The molecule has 0 aliphatic heterocycles. The number of nitrogens with zero attached hydrogens (tertiary/aromatic N) is 2. The van der Waals surface area contributed by atoms with Gasteiger partial charge in [-0.25, -0.2) is 8.42 Å². The van der Waals surface area contributed by atoms with Crippen molar-refractivity contribution in [3.8, 4) is 5.75 Å². The molecule has 8 nitrogen and oxygen atoms in total. The predicted molar refractivity (Wildman–Crippen MR) is 174 cm³/mol. The number of halogens is 1. The lowest BCUT2D eigenvalue weighted by atomic mass is 10.1. The third-order valence-corrected chi connectivity index (χ3v) is 9.93. The number of rotatable bonds is 15. The fourth-order valence-electron chi connectivity index (χ4n) is 4.50. The van der Waals surface area contributed by atoms with Crippen LogP contribution in [0.1, 0.15) is 46.1 Å². The molecule has 3 rings (SSSR count). The molecule has 1 N–H and O–H groups in total. The monoisotopic (exact) mass is 645 g/mol. The molecule has 232 valence electrons. The highest BCUT2D eigenvalue weighted by molar-refractivity contribution is 7.98. The second kappa shape index (κ2) is 16.0. The van der Waals surface area contributed by atoms with Crippen molar-refractivity contribution in [2.24, 2.45) is 0 Å². The number of nitrogens with one attached hydrogen (secondary N) is 1. The lowest BCUT2D eigenvalue weighted by Gasteiger charge is -2.34. The third-order valence-electron chi connectivity index (χ3n) is 7.05. The van der Waals surface area contributed by atoms with Crippen molar-refractivity contribution in [2.75, 3.05) is 23.7 Å². The molecule has 43 heavy (non-hydrogen) atoms. The fraction of sp³-hybridized carbons (Fsp3) is 0.375. The normalized spacial score (nSPS) is 12.7. The fourth-order valence-corrected chi connectivity index (χ4v) is 6.53. The van der Waals surface area contributed by atoms with Gasteiger partial charge >= 0.3 is 0 Å². The van der Waals surface area contributed by atoms with E-state index in [9.17, 15) is 18.0 Å². The predicted octanol–water partition coefficient (Wildman–Crippen LogP) is 6.38. The van der Waals surface area contributed by atoms with E-state index in [-0.39, 0.29) is 29.1 Å². The van der Waals surface area contributed by atoms with Gasteiger partial charge in [-0.05, 0) is 81.0 Å². The summed E-state index contributed by atoms with van der Waals surface area (Å²) >= 11 is 7.97. The first-order valence-corrected chi connectivity index (χ1v) is 17.3. The van der Waals surface area contributed by atoms with Crippen molar-refractivity contribution in [3.63, 3.8) is 0 Å². The van der Waals surface area contributed by atoms with Crippen LogP contribution in [0.25, 0.3) is 0 Å². The number of amides is 2. The van der Waals surface area contributed by atoms with E-state index in [2.05, 4.69) is 5.32 Å². The quantitative estimate of drug-likeness (QED) is 0.193. The molecule has 2 unspecified atom stereocenters. The number of carbonyl (C=O) groups is 2. The van der Waals surface area contributed by atoms with Crippen molar-refractivity contribution in [2.45, 2.75) is 69.0 Å². The Balaban J connectivity index is 2.12. The van der Waals surface area contributed by atoms with Gasteiger partial charge in [0.2, 0.25) is 11.8 Å². The molecule has 3 aromatic carbocycles. The Labute approximate surface area is 264 Å². The summed E-state index contributed by atoms with van der Waals surface area (Å²) in [6, 6.07) is 19.3. The Morgan fingerprint density at radius 2 is 1.60 bits per heavy atom. The molecule has 0 fully saturated rings. The van der Waals surface area contributed by atoms with E-state index < -0.39 is 28.5 Å². The summed E-state index contributed by atoms with van der Waals surface area (Å²) in [7, 11) is -4.24. The van der Waals surface area contributed by atoms with Crippen molar-refractivity contribution in [3.05, 3.63) is 83.4 Å². The number of sulfonamides is 1. The van der Waals surface area contributed by atoms with Crippen molar-refractivity contribution in [1.29, 1.82) is 0 Å². The molecule has 0 aromatic heterocycles. The van der Waals surface area contributed by atoms with Crippen LogP contribution in [0.4, 0.5) is 5.69 Å². The van der Waals surface area contributed by atoms with Gasteiger partial charge in [-0.3, -0.25) is 13.9 Å². The molecule has 0 aliphatic rings. The van der Waals surface area contributed by atoms with Crippen LogP contribution in [-0.4, -0.2) is 56.6 Å². The van der Waals surface area contributed by atoms with E-state index in [1.165, 1.54) is 28.8 Å². The van der Waals surface area contributed by atoms with E-state index in [1.54, 1.807) is 67.6 Å². The second-order valence-electron chi connectivity index (χ2n) is 9.94. The van der Waals surface area contributed by atoms with Gasteiger partial charge in [-0.2, -0.15) is 0 Å².